The minimum absolute atomic E-state index is 0.170. The minimum atomic E-state index is -0.304. The number of benzene rings is 8. The normalized spacial score (nSPS) is 20.7. The van der Waals surface area contributed by atoms with E-state index in [4.69, 9.17) is 0 Å². The van der Waals surface area contributed by atoms with Crippen LogP contribution >= 0.6 is 0 Å². The first kappa shape index (κ1) is 55.7. The molecule has 4 nitrogen and oxygen atoms in total. The third-order valence-electron chi connectivity index (χ3n) is 19.6. The zero-order valence-corrected chi connectivity index (χ0v) is 51.7. The molecule has 0 aromatic heterocycles. The second kappa shape index (κ2) is 21.1. The van der Waals surface area contributed by atoms with E-state index in [9.17, 15) is 0 Å². The number of nitrogens with zero attached hydrogens (tertiary/aromatic N) is 4. The third-order valence-corrected chi connectivity index (χ3v) is 19.6. The van der Waals surface area contributed by atoms with Crippen LogP contribution in [0, 0.1) is 0 Å². The maximum Gasteiger partial charge on any atom is 0.210 e. The molecular formula is C79H86N4+2. The fourth-order valence-corrected chi connectivity index (χ4v) is 16.1. The zero-order chi connectivity index (χ0) is 58.3. The number of fused-ring (bicyclic) bond motifs is 12. The summed E-state index contributed by atoms with van der Waals surface area (Å²) in [5.41, 5.74) is 20.3. The SMILES string of the molecule is C=C(C)CC1(C)C(/C=C/C=C2/N(CCCC)c3ccc4ccccc4c3C2(C)C)=[N+](C)c2cc(Cc3cc4c(c5ccccc35)C(C)(CC(=C)C)C(/C=C/C=C3/N(CCCC)c5ccc6ccccc6c5C3(C)C)=[N+]4C)c3ccccc3c21. The quantitative estimate of drug-likeness (QED) is 0.0706. The van der Waals surface area contributed by atoms with Gasteiger partial charge in [0.15, 0.2) is 11.4 Å². The van der Waals surface area contributed by atoms with E-state index in [1.54, 1.807) is 0 Å². The van der Waals surface area contributed by atoms with Crippen LogP contribution in [0.2, 0.25) is 0 Å². The predicted octanol–water partition coefficient (Wildman–Crippen LogP) is 19.9. The molecule has 2 atom stereocenters. The number of hydrogen-bond acceptors (Lipinski definition) is 2. The van der Waals surface area contributed by atoms with Gasteiger partial charge in [0.1, 0.15) is 14.1 Å². The van der Waals surface area contributed by atoms with Crippen molar-refractivity contribution in [3.63, 3.8) is 0 Å². The highest BCUT2D eigenvalue weighted by Crippen LogP contribution is 2.55. The molecule has 0 N–H and O–H groups in total. The lowest BCUT2D eigenvalue weighted by Gasteiger charge is -2.27. The molecule has 4 aliphatic heterocycles. The summed E-state index contributed by atoms with van der Waals surface area (Å²) in [6.45, 7) is 34.7. The van der Waals surface area contributed by atoms with E-state index in [-0.39, 0.29) is 21.7 Å². The summed E-state index contributed by atoms with van der Waals surface area (Å²) in [5, 5.41) is 10.6. The van der Waals surface area contributed by atoms with Crippen LogP contribution in [0.3, 0.4) is 0 Å². The van der Waals surface area contributed by atoms with E-state index in [1.807, 2.05) is 0 Å². The predicted molar refractivity (Wildman–Crippen MR) is 359 cm³/mol. The minimum Gasteiger partial charge on any atom is -0.344 e. The van der Waals surface area contributed by atoms with Crippen LogP contribution in [0.25, 0.3) is 43.1 Å². The van der Waals surface area contributed by atoms with Crippen LogP contribution in [0.1, 0.15) is 141 Å². The highest BCUT2D eigenvalue weighted by Gasteiger charge is 2.50. The van der Waals surface area contributed by atoms with Crippen LogP contribution in [-0.2, 0) is 28.1 Å². The molecule has 0 bridgehead atoms. The third kappa shape index (κ3) is 8.92. The van der Waals surface area contributed by atoms with Gasteiger partial charge in [0.2, 0.25) is 11.4 Å². The summed E-state index contributed by atoms with van der Waals surface area (Å²) in [6.07, 6.45) is 21.5. The second-order valence-electron chi connectivity index (χ2n) is 26.4. The van der Waals surface area contributed by atoms with Gasteiger partial charge in [-0.3, -0.25) is 0 Å². The summed E-state index contributed by atoms with van der Waals surface area (Å²) in [4.78, 5) is 5.21. The molecule has 4 heteroatoms. The summed E-state index contributed by atoms with van der Waals surface area (Å²) in [5.74, 6) is 0. The average molecular weight is 1090 g/mol. The van der Waals surface area contributed by atoms with Crippen molar-refractivity contribution in [2.24, 2.45) is 0 Å². The molecule has 0 saturated carbocycles. The Morgan fingerprint density at radius 2 is 0.831 bits per heavy atom. The van der Waals surface area contributed by atoms with Gasteiger partial charge in [-0.2, -0.15) is 9.15 Å². The number of anilines is 2. The largest absolute Gasteiger partial charge is 0.344 e. The van der Waals surface area contributed by atoms with Gasteiger partial charge in [-0.05, 0) is 149 Å². The molecule has 0 radical (unpaired) electrons. The summed E-state index contributed by atoms with van der Waals surface area (Å²) >= 11 is 0. The molecule has 0 amide bonds. The summed E-state index contributed by atoms with van der Waals surface area (Å²) in [7, 11) is 4.59. The van der Waals surface area contributed by atoms with Crippen LogP contribution in [0.15, 0.2) is 206 Å². The molecule has 0 fully saturated rings. The Bertz CT molecular complexity index is 3950. The highest BCUT2D eigenvalue weighted by molar-refractivity contribution is 6.11. The molecule has 8 aromatic rings. The molecule has 8 aromatic carbocycles. The number of hydrogen-bond donors (Lipinski definition) is 0. The zero-order valence-electron chi connectivity index (χ0n) is 51.7. The van der Waals surface area contributed by atoms with Crippen LogP contribution in [-0.4, -0.2) is 47.8 Å². The molecule has 420 valence electrons. The van der Waals surface area contributed by atoms with E-state index in [1.165, 1.54) is 133 Å². The van der Waals surface area contributed by atoms with Gasteiger partial charge in [-0.25, -0.2) is 0 Å². The Balaban J connectivity index is 0.955. The molecule has 0 saturated heterocycles. The van der Waals surface area contributed by atoms with E-state index >= 15 is 0 Å². The van der Waals surface area contributed by atoms with Crippen LogP contribution in [0.5, 0.6) is 0 Å². The first-order valence-corrected chi connectivity index (χ1v) is 30.8. The van der Waals surface area contributed by atoms with Gasteiger partial charge in [0.25, 0.3) is 0 Å². The van der Waals surface area contributed by atoms with Crippen LogP contribution in [0.4, 0.5) is 22.7 Å². The molecule has 4 heterocycles. The number of rotatable bonds is 16. The van der Waals surface area contributed by atoms with Crippen molar-refractivity contribution < 1.29 is 9.15 Å². The molecule has 12 rings (SSSR count). The summed E-state index contributed by atoms with van der Waals surface area (Å²) in [6, 6.07) is 50.7. The molecule has 4 aliphatic rings. The van der Waals surface area contributed by atoms with Crippen molar-refractivity contribution in [3.8, 4) is 0 Å². The van der Waals surface area contributed by atoms with Gasteiger partial charge < -0.3 is 9.80 Å². The topological polar surface area (TPSA) is 12.5 Å². The van der Waals surface area contributed by atoms with Gasteiger partial charge in [-0.15, -0.1) is 13.2 Å². The summed E-state index contributed by atoms with van der Waals surface area (Å²) < 4.78 is 4.99. The average Bonchev–Trinajstić information content (AvgIpc) is 3.07. The number of unbranched alkanes of at least 4 members (excludes halogenated alkanes) is 2. The fourth-order valence-electron chi connectivity index (χ4n) is 16.1. The van der Waals surface area contributed by atoms with Gasteiger partial charge in [0.05, 0.1) is 10.8 Å². The maximum atomic E-state index is 4.57. The van der Waals surface area contributed by atoms with Crippen molar-refractivity contribution in [1.29, 1.82) is 0 Å². The van der Waals surface area contributed by atoms with Crippen molar-refractivity contribution in [2.45, 2.75) is 136 Å². The van der Waals surface area contributed by atoms with Gasteiger partial charge in [0, 0.05) is 82.1 Å². The first-order chi connectivity index (χ1) is 39.8. The maximum absolute atomic E-state index is 4.57. The highest BCUT2D eigenvalue weighted by atomic mass is 15.2. The lowest BCUT2D eigenvalue weighted by atomic mass is 9.72. The monoisotopic (exact) mass is 1090 g/mol. The van der Waals surface area contributed by atoms with Crippen LogP contribution < -0.4 is 9.80 Å². The Kier molecular flexibility index (Phi) is 14.2. The van der Waals surface area contributed by atoms with E-state index in [0.29, 0.717) is 0 Å². The van der Waals surface area contributed by atoms with Crippen molar-refractivity contribution in [3.05, 3.63) is 239 Å². The Labute approximate surface area is 495 Å². The standard InChI is InChI=1S/C79H86N4/c1-15-17-45-82-64-43-41-54-29-19-21-33-60(54)72(64)76(7,8)68(82)37-27-39-70-78(11,50-52(3)4)74-62-35-25-23-31-58(62)56(48-66(74)80(70)13)47-57-49-67-75(63-36-26-24-32-59(57)63)79(12,51-53(5)6)71(81(67)14)40-28-38-69-77(9,10)73-61-34-22-20-30-55(61)42-44-65(73)83(69)46-18-16-2/h19-44,48-49H,3,5,15-18,45-47,50-51H2,1-2,4,6-14H3/q+2. The van der Waals surface area contributed by atoms with E-state index in [0.717, 1.165) is 58.0 Å². The Hall–Kier alpha value is -7.82. The fraction of sp³-hybridized carbons (Fsp3) is 0.316. The van der Waals surface area contributed by atoms with Gasteiger partial charge >= 0.3 is 0 Å². The Morgan fingerprint density at radius 3 is 1.20 bits per heavy atom. The second-order valence-corrected chi connectivity index (χ2v) is 26.4. The molecule has 2 unspecified atom stereocenters. The molecule has 0 spiro atoms. The van der Waals surface area contributed by atoms with E-state index < -0.39 is 0 Å². The smallest absolute Gasteiger partial charge is 0.210 e. The molecular weight excluding hydrogens is 1000 g/mol. The van der Waals surface area contributed by atoms with Crippen molar-refractivity contribution in [2.75, 3.05) is 37.0 Å². The molecule has 83 heavy (non-hydrogen) atoms. The van der Waals surface area contributed by atoms with Gasteiger partial charge in [-0.1, -0.05) is 187 Å². The number of allylic oxidation sites excluding steroid dienone is 10. The van der Waals surface area contributed by atoms with E-state index in [2.05, 4.69) is 285 Å². The van der Waals surface area contributed by atoms with Crippen molar-refractivity contribution in [1.82, 2.24) is 0 Å². The Morgan fingerprint density at radius 1 is 0.470 bits per heavy atom. The van der Waals surface area contributed by atoms with Crippen molar-refractivity contribution >= 4 is 77.3 Å². The lowest BCUT2D eigenvalue weighted by Crippen LogP contribution is -2.31. The first-order valence-electron chi connectivity index (χ1n) is 30.8. The molecule has 0 aliphatic carbocycles. The lowest BCUT2D eigenvalue weighted by molar-refractivity contribution is -0.401.